The lowest BCUT2D eigenvalue weighted by molar-refractivity contribution is 0.590. The molecule has 4 aromatic rings. The number of anilines is 3. The van der Waals surface area contributed by atoms with Crippen molar-refractivity contribution in [3.8, 4) is 0 Å². The number of nitrogens with zero attached hydrogens (tertiary/aromatic N) is 1. The van der Waals surface area contributed by atoms with Crippen LogP contribution in [0.5, 0.6) is 0 Å². The maximum Gasteiger partial charge on any atom is 0.125 e. The molecule has 3 heteroatoms. The van der Waals surface area contributed by atoms with E-state index in [1.54, 1.807) is 23.5 Å². The van der Waals surface area contributed by atoms with E-state index in [0.717, 1.165) is 17.1 Å². The molecule has 0 unspecified atom stereocenters. The average Bonchev–Trinajstić information content (AvgIpc) is 3.10. The van der Waals surface area contributed by atoms with Gasteiger partial charge in [0.2, 0.25) is 0 Å². The molecule has 1 aromatic heterocycles. The number of rotatable bonds is 3. The topological polar surface area (TPSA) is 3.24 Å². The van der Waals surface area contributed by atoms with Gasteiger partial charge in [-0.15, -0.1) is 11.3 Å². The third-order valence-electron chi connectivity index (χ3n) is 5.72. The van der Waals surface area contributed by atoms with Crippen molar-refractivity contribution in [2.45, 2.75) is 52.4 Å². The summed E-state index contributed by atoms with van der Waals surface area (Å²) < 4.78 is 15.4. The molecule has 1 heterocycles. The van der Waals surface area contributed by atoms with Crippen molar-refractivity contribution in [1.82, 2.24) is 0 Å². The number of thiophene rings is 1. The normalized spacial score (nSPS) is 12.4. The summed E-state index contributed by atoms with van der Waals surface area (Å²) in [6, 6.07) is 22.2. The summed E-state index contributed by atoms with van der Waals surface area (Å²) >= 11 is 1.73. The molecule has 0 saturated carbocycles. The lowest BCUT2D eigenvalue weighted by Gasteiger charge is -2.27. The summed E-state index contributed by atoms with van der Waals surface area (Å²) in [6.45, 7) is 13.3. The third kappa shape index (κ3) is 4.38. The van der Waals surface area contributed by atoms with Crippen LogP contribution in [0.1, 0.15) is 52.7 Å². The molecule has 0 fully saturated rings. The molecule has 0 aliphatic heterocycles. The molecule has 0 saturated heterocycles. The second kappa shape index (κ2) is 7.80. The van der Waals surface area contributed by atoms with Crippen molar-refractivity contribution in [2.75, 3.05) is 4.90 Å². The van der Waals surface area contributed by atoms with Crippen molar-refractivity contribution in [1.29, 1.82) is 0 Å². The highest BCUT2D eigenvalue weighted by atomic mass is 32.1. The number of fused-ring (bicyclic) bond motifs is 1. The van der Waals surface area contributed by atoms with Crippen LogP contribution in [0.4, 0.5) is 21.5 Å². The molecule has 1 nitrogen and oxygen atoms in total. The minimum absolute atomic E-state index is 0.0610. The standard InChI is InChI=1S/C28H30FNS/c1-27(2,3)19-10-13-22(14-11-19)30(23-9-7-8-21(29)17-23)25-18-31-26-15-12-20(16-24(25)26)28(4,5)6/h7-18H,1-6H3. The molecule has 3 aromatic carbocycles. The van der Waals surface area contributed by atoms with Crippen LogP contribution in [-0.2, 0) is 10.8 Å². The van der Waals surface area contributed by atoms with E-state index in [0.29, 0.717) is 0 Å². The van der Waals surface area contributed by atoms with Gasteiger partial charge < -0.3 is 4.90 Å². The van der Waals surface area contributed by atoms with Gasteiger partial charge in [-0.25, -0.2) is 4.39 Å². The Kier molecular flexibility index (Phi) is 5.43. The molecule has 0 aliphatic rings. The molecule has 160 valence electrons. The van der Waals surface area contributed by atoms with Crippen LogP contribution < -0.4 is 4.90 Å². The van der Waals surface area contributed by atoms with E-state index in [1.165, 1.54) is 27.3 Å². The van der Waals surface area contributed by atoms with E-state index in [9.17, 15) is 4.39 Å². The Labute approximate surface area is 189 Å². The van der Waals surface area contributed by atoms with Gasteiger partial charge in [0.1, 0.15) is 5.82 Å². The molecule has 0 atom stereocenters. The molecular weight excluding hydrogens is 401 g/mol. The first-order valence-corrected chi connectivity index (χ1v) is 11.6. The number of hydrogen-bond acceptors (Lipinski definition) is 2. The smallest absolute Gasteiger partial charge is 0.125 e. The molecular formula is C28H30FNS. The molecule has 0 aliphatic carbocycles. The molecule has 0 radical (unpaired) electrons. The first-order chi connectivity index (χ1) is 14.5. The zero-order valence-corrected chi connectivity index (χ0v) is 20.0. The third-order valence-corrected chi connectivity index (χ3v) is 6.67. The van der Waals surface area contributed by atoms with Gasteiger partial charge in [-0.1, -0.05) is 65.8 Å². The van der Waals surface area contributed by atoms with Gasteiger partial charge >= 0.3 is 0 Å². The molecule has 0 N–H and O–H groups in total. The Bertz CT molecular complexity index is 1210. The van der Waals surface area contributed by atoms with Crippen LogP contribution in [0.2, 0.25) is 0 Å². The van der Waals surface area contributed by atoms with E-state index in [4.69, 9.17) is 0 Å². The summed E-state index contributed by atoms with van der Waals surface area (Å²) in [7, 11) is 0. The highest BCUT2D eigenvalue weighted by Gasteiger charge is 2.21. The van der Waals surface area contributed by atoms with E-state index in [-0.39, 0.29) is 16.6 Å². The SMILES string of the molecule is CC(C)(C)c1ccc(N(c2cccc(F)c2)c2csc3ccc(C(C)(C)C)cc23)cc1. The first-order valence-electron chi connectivity index (χ1n) is 10.7. The summed E-state index contributed by atoms with van der Waals surface area (Å²) in [5.74, 6) is -0.233. The molecule has 0 amide bonds. The van der Waals surface area contributed by atoms with Crippen LogP contribution >= 0.6 is 11.3 Å². The lowest BCUT2D eigenvalue weighted by atomic mass is 9.86. The summed E-state index contributed by atoms with van der Waals surface area (Å²) in [4.78, 5) is 2.17. The van der Waals surface area contributed by atoms with Gasteiger partial charge in [0.25, 0.3) is 0 Å². The Hall–Kier alpha value is -2.65. The van der Waals surface area contributed by atoms with Gasteiger partial charge in [-0.2, -0.15) is 0 Å². The predicted octanol–water partition coefficient (Wildman–Crippen LogP) is 9.11. The average molecular weight is 432 g/mol. The monoisotopic (exact) mass is 431 g/mol. The highest BCUT2D eigenvalue weighted by molar-refractivity contribution is 7.17. The summed E-state index contributed by atoms with van der Waals surface area (Å²) in [5, 5.41) is 3.38. The van der Waals surface area contributed by atoms with Gasteiger partial charge in [0.15, 0.2) is 0 Å². The van der Waals surface area contributed by atoms with Crippen LogP contribution in [0.25, 0.3) is 10.1 Å². The minimum Gasteiger partial charge on any atom is -0.309 e. The Morgan fingerprint density at radius 1 is 0.710 bits per heavy atom. The van der Waals surface area contributed by atoms with Crippen molar-refractivity contribution in [3.63, 3.8) is 0 Å². The van der Waals surface area contributed by atoms with Crippen LogP contribution in [-0.4, -0.2) is 0 Å². The van der Waals surface area contributed by atoms with E-state index >= 15 is 0 Å². The van der Waals surface area contributed by atoms with Gasteiger partial charge in [0.05, 0.1) is 5.69 Å². The van der Waals surface area contributed by atoms with Gasteiger partial charge in [-0.3, -0.25) is 0 Å². The second-order valence-electron chi connectivity index (χ2n) is 10.2. The highest BCUT2D eigenvalue weighted by Crippen LogP contribution is 2.43. The van der Waals surface area contributed by atoms with Crippen LogP contribution in [0.3, 0.4) is 0 Å². The fraction of sp³-hybridized carbons (Fsp3) is 0.286. The van der Waals surface area contributed by atoms with Gasteiger partial charge in [-0.05, 0) is 64.4 Å². The fourth-order valence-corrected chi connectivity index (χ4v) is 4.72. The largest absolute Gasteiger partial charge is 0.309 e. The minimum atomic E-state index is -0.233. The molecule has 0 spiro atoms. The van der Waals surface area contributed by atoms with E-state index in [1.807, 2.05) is 6.07 Å². The Morgan fingerprint density at radius 2 is 1.35 bits per heavy atom. The van der Waals surface area contributed by atoms with Crippen LogP contribution in [0.15, 0.2) is 72.1 Å². The molecule has 4 rings (SSSR count). The zero-order valence-electron chi connectivity index (χ0n) is 19.2. The molecule has 0 bridgehead atoms. The van der Waals surface area contributed by atoms with Crippen molar-refractivity contribution in [3.05, 3.63) is 89.1 Å². The van der Waals surface area contributed by atoms with Crippen molar-refractivity contribution >= 4 is 38.5 Å². The number of hydrogen-bond donors (Lipinski definition) is 0. The lowest BCUT2D eigenvalue weighted by Crippen LogP contribution is -2.13. The van der Waals surface area contributed by atoms with Crippen molar-refractivity contribution in [2.24, 2.45) is 0 Å². The maximum atomic E-state index is 14.2. The van der Waals surface area contributed by atoms with E-state index in [2.05, 4.69) is 94.3 Å². The summed E-state index contributed by atoms with van der Waals surface area (Å²) in [5.41, 5.74) is 5.65. The Morgan fingerprint density at radius 3 is 1.97 bits per heavy atom. The van der Waals surface area contributed by atoms with Crippen molar-refractivity contribution < 1.29 is 4.39 Å². The predicted molar refractivity (Wildman–Crippen MR) is 134 cm³/mol. The zero-order chi connectivity index (χ0) is 22.4. The fourth-order valence-electron chi connectivity index (χ4n) is 3.81. The Balaban J connectivity index is 1.92. The second-order valence-corrected chi connectivity index (χ2v) is 11.1. The van der Waals surface area contributed by atoms with Crippen LogP contribution in [0, 0.1) is 5.82 Å². The summed E-state index contributed by atoms with van der Waals surface area (Å²) in [6.07, 6.45) is 0. The number of benzene rings is 3. The molecule has 31 heavy (non-hydrogen) atoms. The number of halogens is 1. The first kappa shape index (κ1) is 21.6. The van der Waals surface area contributed by atoms with Gasteiger partial charge in [0, 0.05) is 26.8 Å². The van der Waals surface area contributed by atoms with E-state index < -0.39 is 0 Å². The maximum absolute atomic E-state index is 14.2. The quantitative estimate of drug-likeness (QED) is 0.312.